The third-order valence-corrected chi connectivity index (χ3v) is 3.85. The van der Waals surface area contributed by atoms with Crippen molar-refractivity contribution >= 4 is 15.9 Å². The Labute approximate surface area is 128 Å². The summed E-state index contributed by atoms with van der Waals surface area (Å²) in [7, 11) is 3.62. The molecule has 1 heterocycles. The van der Waals surface area contributed by atoms with Gasteiger partial charge >= 0.3 is 0 Å². The Kier molecular flexibility index (Phi) is 5.20. The monoisotopic (exact) mass is 337 g/mol. The SMILES string of the molecule is CCNC(Cc1cnn(C)c1)c1ccc(OC)c(Br)c1. The van der Waals surface area contributed by atoms with Crippen LogP contribution in [0, 0.1) is 0 Å². The molecular formula is C15H20BrN3O. The topological polar surface area (TPSA) is 39.1 Å². The average Bonchev–Trinajstić information content (AvgIpc) is 2.83. The van der Waals surface area contributed by atoms with Crippen molar-refractivity contribution in [3.63, 3.8) is 0 Å². The van der Waals surface area contributed by atoms with Gasteiger partial charge in [-0.25, -0.2) is 0 Å². The maximum atomic E-state index is 5.28. The molecule has 1 aromatic heterocycles. The van der Waals surface area contributed by atoms with E-state index in [0.29, 0.717) is 0 Å². The van der Waals surface area contributed by atoms with Crippen molar-refractivity contribution in [3.8, 4) is 5.75 Å². The predicted octanol–water partition coefficient (Wildman–Crippen LogP) is 3.08. The molecule has 1 N–H and O–H groups in total. The number of aryl methyl sites for hydroxylation is 1. The van der Waals surface area contributed by atoms with Crippen LogP contribution in [0.3, 0.4) is 0 Å². The fraction of sp³-hybridized carbons (Fsp3) is 0.400. The van der Waals surface area contributed by atoms with Crippen LogP contribution in [0.2, 0.25) is 0 Å². The standard InChI is InChI=1S/C15H20BrN3O/c1-4-17-14(7-11-9-18-19(2)10-11)12-5-6-15(20-3)13(16)8-12/h5-6,8-10,14,17H,4,7H2,1-3H3. The summed E-state index contributed by atoms with van der Waals surface area (Å²) in [5, 5.41) is 7.75. The summed E-state index contributed by atoms with van der Waals surface area (Å²) in [6.45, 7) is 3.05. The van der Waals surface area contributed by atoms with Gasteiger partial charge in [0.15, 0.2) is 0 Å². The van der Waals surface area contributed by atoms with Crippen molar-refractivity contribution in [2.75, 3.05) is 13.7 Å². The lowest BCUT2D eigenvalue weighted by Gasteiger charge is -2.18. The Balaban J connectivity index is 2.21. The Morgan fingerprint density at radius 3 is 2.80 bits per heavy atom. The van der Waals surface area contributed by atoms with Crippen LogP contribution >= 0.6 is 15.9 Å². The molecule has 1 aromatic carbocycles. The predicted molar refractivity (Wildman–Crippen MR) is 84.0 cm³/mol. The van der Waals surface area contributed by atoms with E-state index in [1.807, 2.05) is 24.0 Å². The smallest absolute Gasteiger partial charge is 0.133 e. The number of nitrogens with one attached hydrogen (secondary N) is 1. The molecule has 20 heavy (non-hydrogen) atoms. The lowest BCUT2D eigenvalue weighted by Crippen LogP contribution is -2.22. The van der Waals surface area contributed by atoms with Crippen LogP contribution in [0.25, 0.3) is 0 Å². The summed E-state index contributed by atoms with van der Waals surface area (Å²) in [5.41, 5.74) is 2.47. The Bertz CT molecular complexity index is 568. The Morgan fingerprint density at radius 1 is 1.45 bits per heavy atom. The van der Waals surface area contributed by atoms with E-state index in [1.54, 1.807) is 7.11 Å². The van der Waals surface area contributed by atoms with Crippen LogP contribution in [0.4, 0.5) is 0 Å². The van der Waals surface area contributed by atoms with Crippen molar-refractivity contribution in [2.45, 2.75) is 19.4 Å². The first-order valence-electron chi connectivity index (χ1n) is 6.68. The van der Waals surface area contributed by atoms with Gasteiger partial charge in [-0.15, -0.1) is 0 Å². The number of hydrogen-bond acceptors (Lipinski definition) is 3. The molecule has 0 bridgehead atoms. The molecular weight excluding hydrogens is 318 g/mol. The molecule has 0 spiro atoms. The van der Waals surface area contributed by atoms with Gasteiger partial charge in [0, 0.05) is 19.3 Å². The summed E-state index contributed by atoms with van der Waals surface area (Å²) < 4.78 is 8.09. The van der Waals surface area contributed by atoms with Gasteiger partial charge in [-0.2, -0.15) is 5.10 Å². The molecule has 5 heteroatoms. The van der Waals surface area contributed by atoms with Crippen molar-refractivity contribution < 1.29 is 4.74 Å². The number of ether oxygens (including phenoxy) is 1. The molecule has 4 nitrogen and oxygen atoms in total. The number of benzene rings is 1. The maximum Gasteiger partial charge on any atom is 0.133 e. The van der Waals surface area contributed by atoms with Crippen LogP contribution in [0.5, 0.6) is 5.75 Å². The molecule has 0 aliphatic heterocycles. The molecule has 108 valence electrons. The summed E-state index contributed by atoms with van der Waals surface area (Å²) >= 11 is 3.55. The zero-order chi connectivity index (χ0) is 14.5. The first-order valence-corrected chi connectivity index (χ1v) is 7.47. The Morgan fingerprint density at radius 2 is 2.25 bits per heavy atom. The van der Waals surface area contributed by atoms with Crippen LogP contribution in [0.1, 0.15) is 24.1 Å². The molecule has 1 atom stereocenters. The maximum absolute atomic E-state index is 5.28. The molecule has 1 unspecified atom stereocenters. The zero-order valence-electron chi connectivity index (χ0n) is 12.1. The largest absolute Gasteiger partial charge is 0.496 e. The molecule has 0 fully saturated rings. The van der Waals surface area contributed by atoms with Gasteiger partial charge in [-0.3, -0.25) is 4.68 Å². The fourth-order valence-corrected chi connectivity index (χ4v) is 2.83. The molecule has 0 aliphatic rings. The van der Waals surface area contributed by atoms with E-state index in [2.05, 4.69) is 51.6 Å². The van der Waals surface area contributed by atoms with E-state index in [1.165, 1.54) is 11.1 Å². The molecule has 0 saturated carbocycles. The quantitative estimate of drug-likeness (QED) is 0.880. The normalized spacial score (nSPS) is 12.4. The first-order chi connectivity index (χ1) is 9.63. The van der Waals surface area contributed by atoms with Crippen LogP contribution in [-0.2, 0) is 13.5 Å². The molecule has 0 saturated heterocycles. The van der Waals surface area contributed by atoms with E-state index in [4.69, 9.17) is 4.74 Å². The fourth-order valence-electron chi connectivity index (χ4n) is 2.27. The van der Waals surface area contributed by atoms with Gasteiger partial charge < -0.3 is 10.1 Å². The van der Waals surface area contributed by atoms with E-state index in [9.17, 15) is 0 Å². The van der Waals surface area contributed by atoms with Gasteiger partial charge in [-0.05, 0) is 52.2 Å². The number of nitrogens with zero attached hydrogens (tertiary/aromatic N) is 2. The van der Waals surface area contributed by atoms with Crippen LogP contribution in [-0.4, -0.2) is 23.4 Å². The average molecular weight is 338 g/mol. The number of aromatic nitrogens is 2. The molecule has 2 rings (SSSR count). The van der Waals surface area contributed by atoms with Crippen molar-refractivity contribution in [1.82, 2.24) is 15.1 Å². The third kappa shape index (κ3) is 3.61. The number of likely N-dealkylation sites (N-methyl/N-ethyl adjacent to an activating group) is 1. The molecule has 2 aromatic rings. The minimum absolute atomic E-state index is 0.270. The summed E-state index contributed by atoms with van der Waals surface area (Å²) in [4.78, 5) is 0. The van der Waals surface area contributed by atoms with Gasteiger partial charge in [-0.1, -0.05) is 13.0 Å². The van der Waals surface area contributed by atoms with Crippen molar-refractivity contribution in [2.24, 2.45) is 7.05 Å². The highest BCUT2D eigenvalue weighted by Gasteiger charge is 2.14. The van der Waals surface area contributed by atoms with Crippen LogP contribution < -0.4 is 10.1 Å². The number of rotatable bonds is 6. The van der Waals surface area contributed by atoms with Crippen molar-refractivity contribution in [1.29, 1.82) is 0 Å². The van der Waals surface area contributed by atoms with Gasteiger partial charge in [0.2, 0.25) is 0 Å². The summed E-state index contributed by atoms with van der Waals surface area (Å²) in [6.07, 6.45) is 4.90. The zero-order valence-corrected chi connectivity index (χ0v) is 13.6. The van der Waals surface area contributed by atoms with Gasteiger partial charge in [0.05, 0.1) is 17.8 Å². The highest BCUT2D eigenvalue weighted by atomic mass is 79.9. The number of hydrogen-bond donors (Lipinski definition) is 1. The molecule has 0 radical (unpaired) electrons. The Hall–Kier alpha value is -1.33. The van der Waals surface area contributed by atoms with Gasteiger partial charge in [0.25, 0.3) is 0 Å². The highest BCUT2D eigenvalue weighted by molar-refractivity contribution is 9.10. The summed E-state index contributed by atoms with van der Waals surface area (Å²) in [6, 6.07) is 6.48. The minimum atomic E-state index is 0.270. The second-order valence-corrected chi connectivity index (χ2v) is 5.58. The van der Waals surface area contributed by atoms with Gasteiger partial charge in [0.1, 0.15) is 5.75 Å². The minimum Gasteiger partial charge on any atom is -0.496 e. The lowest BCUT2D eigenvalue weighted by molar-refractivity contribution is 0.411. The van der Waals surface area contributed by atoms with E-state index in [0.717, 1.165) is 23.2 Å². The third-order valence-electron chi connectivity index (χ3n) is 3.23. The lowest BCUT2D eigenvalue weighted by atomic mass is 10.0. The number of halogens is 1. The highest BCUT2D eigenvalue weighted by Crippen LogP contribution is 2.29. The first kappa shape index (κ1) is 15.1. The number of methoxy groups -OCH3 is 1. The van der Waals surface area contributed by atoms with E-state index in [-0.39, 0.29) is 6.04 Å². The second kappa shape index (κ2) is 6.90. The van der Waals surface area contributed by atoms with E-state index < -0.39 is 0 Å². The van der Waals surface area contributed by atoms with E-state index >= 15 is 0 Å². The second-order valence-electron chi connectivity index (χ2n) is 4.73. The summed E-state index contributed by atoms with van der Waals surface area (Å²) in [5.74, 6) is 0.852. The van der Waals surface area contributed by atoms with Crippen molar-refractivity contribution in [3.05, 3.63) is 46.2 Å². The molecule has 0 amide bonds. The molecule has 0 aliphatic carbocycles. The van der Waals surface area contributed by atoms with Crippen LogP contribution in [0.15, 0.2) is 35.1 Å².